The molecule has 0 radical (unpaired) electrons. The van der Waals surface area contributed by atoms with Gasteiger partial charge in [0.15, 0.2) is 0 Å². The lowest BCUT2D eigenvalue weighted by atomic mass is 9.45. The Hall–Kier alpha value is -0.830. The predicted molar refractivity (Wildman–Crippen MR) is 120 cm³/mol. The van der Waals surface area contributed by atoms with Gasteiger partial charge in [0.2, 0.25) is 5.91 Å². The molecule has 0 aromatic carbocycles. The maximum atomic E-state index is 11.5. The first-order valence-electron chi connectivity index (χ1n) is 12.6. The molecule has 4 rings (SSSR count). The van der Waals surface area contributed by atoms with Crippen LogP contribution in [0, 0.1) is 40.4 Å². The summed E-state index contributed by atoms with van der Waals surface area (Å²) in [4.78, 5) is 11.5. The van der Waals surface area contributed by atoms with Crippen LogP contribution in [0.3, 0.4) is 0 Å². The van der Waals surface area contributed by atoms with E-state index in [1.54, 1.807) is 6.08 Å². The molecule has 164 valence electrons. The third kappa shape index (κ3) is 3.93. The summed E-state index contributed by atoms with van der Waals surface area (Å²) >= 11 is 0. The molecule has 3 N–H and O–H groups in total. The van der Waals surface area contributed by atoms with E-state index in [-0.39, 0.29) is 12.6 Å². The molecule has 0 aromatic heterocycles. The van der Waals surface area contributed by atoms with Crippen LogP contribution in [0.25, 0.3) is 0 Å². The van der Waals surface area contributed by atoms with E-state index in [1.165, 1.54) is 77.0 Å². The quantitative estimate of drug-likeness (QED) is 0.336. The molecular weight excluding hydrogens is 356 g/mol. The van der Waals surface area contributed by atoms with Crippen LogP contribution >= 0.6 is 0 Å². The van der Waals surface area contributed by atoms with Gasteiger partial charge in [-0.3, -0.25) is 4.79 Å². The number of nitrogens with one attached hydrogen (secondary N) is 1. The number of carbonyl (C=O) groups excluding carboxylic acids is 1. The van der Waals surface area contributed by atoms with Crippen LogP contribution in [0.4, 0.5) is 0 Å². The van der Waals surface area contributed by atoms with Gasteiger partial charge in [0.1, 0.15) is 0 Å². The lowest BCUT2D eigenvalue weighted by Gasteiger charge is -2.60. The van der Waals surface area contributed by atoms with Crippen LogP contribution in [0.5, 0.6) is 0 Å². The van der Waals surface area contributed by atoms with Crippen molar-refractivity contribution in [2.24, 2.45) is 46.2 Å². The van der Waals surface area contributed by atoms with E-state index >= 15 is 0 Å². The molecule has 4 aliphatic rings. The van der Waals surface area contributed by atoms with Crippen molar-refractivity contribution in [2.45, 2.75) is 97.3 Å². The highest BCUT2D eigenvalue weighted by Crippen LogP contribution is 2.67. The van der Waals surface area contributed by atoms with Gasteiger partial charge in [-0.15, -0.1) is 0 Å². The van der Waals surface area contributed by atoms with Crippen molar-refractivity contribution in [1.82, 2.24) is 5.32 Å². The number of nitrogens with two attached hydrogens (primary N) is 1. The summed E-state index contributed by atoms with van der Waals surface area (Å²) in [6.45, 7) is 5.56. The second kappa shape index (κ2) is 8.73. The number of hydrogen-bond acceptors (Lipinski definition) is 2. The van der Waals surface area contributed by atoms with Crippen LogP contribution in [0.15, 0.2) is 12.2 Å². The Morgan fingerprint density at radius 2 is 1.83 bits per heavy atom. The monoisotopic (exact) mass is 400 g/mol. The van der Waals surface area contributed by atoms with Crippen molar-refractivity contribution in [3.8, 4) is 0 Å². The van der Waals surface area contributed by atoms with E-state index in [2.05, 4.69) is 19.2 Å². The first kappa shape index (κ1) is 21.4. The zero-order valence-electron chi connectivity index (χ0n) is 18.9. The summed E-state index contributed by atoms with van der Waals surface area (Å²) in [5.74, 6) is 4.88. The molecule has 4 aliphatic carbocycles. The molecular formula is C26H44N2O. The Morgan fingerprint density at radius 1 is 1.00 bits per heavy atom. The van der Waals surface area contributed by atoms with E-state index in [0.717, 1.165) is 36.0 Å². The zero-order valence-corrected chi connectivity index (χ0v) is 18.9. The summed E-state index contributed by atoms with van der Waals surface area (Å²) in [7, 11) is 0. The van der Waals surface area contributed by atoms with Crippen molar-refractivity contribution < 1.29 is 4.79 Å². The molecule has 0 aliphatic heterocycles. The van der Waals surface area contributed by atoms with E-state index < -0.39 is 0 Å². The smallest absolute Gasteiger partial charge is 0.244 e. The Bertz CT molecular complexity index is 616. The van der Waals surface area contributed by atoms with E-state index in [1.807, 2.05) is 6.08 Å². The molecule has 0 saturated heterocycles. The number of amides is 1. The molecule has 1 amide bonds. The molecule has 3 heteroatoms. The SMILES string of the molecule is CC12CCCCC1CCC1C2CCC2(C)C(CCC/C=C/C(=O)NCN)CCC12. The largest absolute Gasteiger partial charge is 0.340 e. The Balaban J connectivity index is 1.35. The molecule has 7 unspecified atom stereocenters. The summed E-state index contributed by atoms with van der Waals surface area (Å²) in [6.07, 6.45) is 22.2. The van der Waals surface area contributed by atoms with Crippen LogP contribution in [-0.4, -0.2) is 12.6 Å². The average Bonchev–Trinajstić information content (AvgIpc) is 3.04. The van der Waals surface area contributed by atoms with Crippen molar-refractivity contribution >= 4 is 5.91 Å². The third-order valence-corrected chi connectivity index (χ3v) is 10.2. The normalized spacial score (nSPS) is 44.2. The molecule has 4 fully saturated rings. The molecule has 3 nitrogen and oxygen atoms in total. The first-order valence-corrected chi connectivity index (χ1v) is 12.6. The number of hydrogen-bond donors (Lipinski definition) is 2. The van der Waals surface area contributed by atoms with Gasteiger partial charge in [-0.05, 0) is 117 Å². The second-order valence-electron chi connectivity index (χ2n) is 11.3. The summed E-state index contributed by atoms with van der Waals surface area (Å²) in [6, 6.07) is 0. The lowest BCUT2D eigenvalue weighted by Crippen LogP contribution is -2.52. The first-order chi connectivity index (χ1) is 14.0. The highest BCUT2D eigenvalue weighted by atomic mass is 16.1. The summed E-state index contributed by atoms with van der Waals surface area (Å²) in [5.41, 5.74) is 6.59. The standard InChI is InChI=1S/C26H44N2O/c1-25-16-7-6-9-19(25)11-13-21-22-14-12-20(26(22,2)17-15-23(21)25)8-4-3-5-10-24(29)28-18-27/h5,10,19-23H,3-4,6-9,11-18,27H2,1-2H3,(H,28,29)/b10-5+. The highest BCUT2D eigenvalue weighted by molar-refractivity contribution is 5.87. The molecule has 4 saturated carbocycles. The topological polar surface area (TPSA) is 55.1 Å². The summed E-state index contributed by atoms with van der Waals surface area (Å²) in [5, 5.41) is 2.62. The van der Waals surface area contributed by atoms with E-state index in [4.69, 9.17) is 5.73 Å². The van der Waals surface area contributed by atoms with Gasteiger partial charge in [-0.25, -0.2) is 0 Å². The van der Waals surface area contributed by atoms with Crippen molar-refractivity contribution in [3.05, 3.63) is 12.2 Å². The van der Waals surface area contributed by atoms with Gasteiger partial charge < -0.3 is 11.1 Å². The minimum atomic E-state index is -0.0643. The van der Waals surface area contributed by atoms with Crippen molar-refractivity contribution in [2.75, 3.05) is 6.67 Å². The average molecular weight is 401 g/mol. The van der Waals surface area contributed by atoms with Gasteiger partial charge in [-0.2, -0.15) is 0 Å². The fourth-order valence-corrected chi connectivity index (χ4v) is 8.71. The maximum Gasteiger partial charge on any atom is 0.244 e. The fourth-order valence-electron chi connectivity index (χ4n) is 8.71. The maximum absolute atomic E-state index is 11.5. The zero-order chi connectivity index (χ0) is 20.5. The minimum Gasteiger partial charge on any atom is -0.340 e. The Labute approximate surface area is 178 Å². The van der Waals surface area contributed by atoms with Gasteiger partial charge in [0.05, 0.1) is 6.67 Å². The van der Waals surface area contributed by atoms with Gasteiger partial charge in [-0.1, -0.05) is 32.8 Å². The fraction of sp³-hybridized carbons (Fsp3) is 0.885. The Morgan fingerprint density at radius 3 is 2.66 bits per heavy atom. The second-order valence-corrected chi connectivity index (χ2v) is 11.3. The van der Waals surface area contributed by atoms with Gasteiger partial charge in [0.25, 0.3) is 0 Å². The van der Waals surface area contributed by atoms with Gasteiger partial charge >= 0.3 is 0 Å². The number of rotatable bonds is 6. The molecule has 29 heavy (non-hydrogen) atoms. The third-order valence-electron chi connectivity index (χ3n) is 10.2. The van der Waals surface area contributed by atoms with Crippen LogP contribution < -0.4 is 11.1 Å². The minimum absolute atomic E-state index is 0.0643. The lowest BCUT2D eigenvalue weighted by molar-refractivity contribution is -0.116. The number of carbonyl (C=O) groups is 1. The van der Waals surface area contributed by atoms with Crippen molar-refractivity contribution in [1.29, 1.82) is 0 Å². The van der Waals surface area contributed by atoms with Crippen LogP contribution in [0.2, 0.25) is 0 Å². The predicted octanol–water partition coefficient (Wildman–Crippen LogP) is 5.79. The molecule has 0 aromatic rings. The molecule has 7 atom stereocenters. The molecule has 0 bridgehead atoms. The van der Waals surface area contributed by atoms with Crippen LogP contribution in [0.1, 0.15) is 97.3 Å². The van der Waals surface area contributed by atoms with E-state index in [0.29, 0.717) is 10.8 Å². The van der Waals surface area contributed by atoms with Crippen molar-refractivity contribution in [3.63, 3.8) is 0 Å². The van der Waals surface area contributed by atoms with E-state index in [9.17, 15) is 4.79 Å². The molecule has 0 heterocycles. The summed E-state index contributed by atoms with van der Waals surface area (Å²) < 4.78 is 0. The number of fused-ring (bicyclic) bond motifs is 5. The number of allylic oxidation sites excluding steroid dienone is 1. The molecule has 0 spiro atoms. The van der Waals surface area contributed by atoms with Crippen LogP contribution in [-0.2, 0) is 4.79 Å². The van der Waals surface area contributed by atoms with Gasteiger partial charge in [0, 0.05) is 0 Å². The number of unbranched alkanes of at least 4 members (excludes halogenated alkanes) is 1. The highest BCUT2D eigenvalue weighted by Gasteiger charge is 2.59. The Kier molecular flexibility index (Phi) is 6.44.